The molecular formula is C19H17NO5S. The molecule has 0 aliphatic carbocycles. The van der Waals surface area contributed by atoms with Crippen molar-refractivity contribution in [3.8, 4) is 5.75 Å². The predicted molar refractivity (Wildman–Crippen MR) is 96.0 cm³/mol. The van der Waals surface area contributed by atoms with Gasteiger partial charge in [-0.2, -0.15) is 0 Å². The molecule has 0 fully saturated rings. The standard InChI is InChI=1S/C19H17NO5S/c1-23-15-8-3-2-7-14(15)17(25-19(22)16-9-5-11-26-16)18(21)20-12-13-6-4-10-24-13/h2-11,17H,12H2,1H3,(H,20,21)/t17-/m0/s1. The summed E-state index contributed by atoms with van der Waals surface area (Å²) in [6.07, 6.45) is 0.381. The second-order valence-corrected chi connectivity index (χ2v) is 6.25. The number of furan rings is 1. The van der Waals surface area contributed by atoms with Gasteiger partial charge in [-0.3, -0.25) is 4.79 Å². The Kier molecular flexibility index (Phi) is 5.70. The smallest absolute Gasteiger partial charge is 0.349 e. The number of nitrogens with one attached hydrogen (secondary N) is 1. The summed E-state index contributed by atoms with van der Waals surface area (Å²) in [5.41, 5.74) is 0.469. The zero-order chi connectivity index (χ0) is 18.4. The molecule has 3 aromatic rings. The van der Waals surface area contributed by atoms with Gasteiger partial charge in [0.1, 0.15) is 16.4 Å². The van der Waals surface area contributed by atoms with Gasteiger partial charge in [0.15, 0.2) is 0 Å². The lowest BCUT2D eigenvalue weighted by Crippen LogP contribution is -2.32. The molecule has 0 saturated heterocycles. The van der Waals surface area contributed by atoms with E-state index in [0.29, 0.717) is 22.0 Å². The van der Waals surface area contributed by atoms with Gasteiger partial charge in [0.2, 0.25) is 6.10 Å². The lowest BCUT2D eigenvalue weighted by Gasteiger charge is -2.19. The first-order valence-electron chi connectivity index (χ1n) is 7.86. The van der Waals surface area contributed by atoms with E-state index in [0.717, 1.165) is 0 Å². The van der Waals surface area contributed by atoms with Crippen molar-refractivity contribution >= 4 is 23.2 Å². The number of esters is 1. The summed E-state index contributed by atoms with van der Waals surface area (Å²) in [5.74, 6) is 0.0335. The fourth-order valence-electron chi connectivity index (χ4n) is 2.38. The quantitative estimate of drug-likeness (QED) is 0.643. The lowest BCUT2D eigenvalue weighted by molar-refractivity contribution is -0.130. The molecule has 1 amide bonds. The van der Waals surface area contributed by atoms with Crippen molar-refractivity contribution in [2.75, 3.05) is 7.11 Å². The highest BCUT2D eigenvalue weighted by Crippen LogP contribution is 2.29. The molecule has 2 aromatic heterocycles. The minimum Gasteiger partial charge on any atom is -0.496 e. The molecule has 0 aliphatic rings. The van der Waals surface area contributed by atoms with Gasteiger partial charge >= 0.3 is 5.97 Å². The number of para-hydroxylation sites is 1. The van der Waals surface area contributed by atoms with Crippen LogP contribution in [0.25, 0.3) is 0 Å². The van der Waals surface area contributed by atoms with Gasteiger partial charge in [-0.05, 0) is 29.6 Å². The minimum atomic E-state index is -1.14. The van der Waals surface area contributed by atoms with Crippen molar-refractivity contribution in [1.82, 2.24) is 5.32 Å². The van der Waals surface area contributed by atoms with Crippen LogP contribution in [0.5, 0.6) is 5.75 Å². The number of rotatable bonds is 7. The molecule has 6 nitrogen and oxygen atoms in total. The Hall–Kier alpha value is -3.06. The Morgan fingerprint density at radius 1 is 1.15 bits per heavy atom. The van der Waals surface area contributed by atoms with Crippen LogP contribution in [0.3, 0.4) is 0 Å². The highest BCUT2D eigenvalue weighted by Gasteiger charge is 2.28. The number of methoxy groups -OCH3 is 1. The van der Waals surface area contributed by atoms with Crippen LogP contribution >= 0.6 is 11.3 Å². The normalized spacial score (nSPS) is 11.6. The van der Waals surface area contributed by atoms with Crippen molar-refractivity contribution in [2.24, 2.45) is 0 Å². The number of benzene rings is 1. The Morgan fingerprint density at radius 3 is 2.69 bits per heavy atom. The Balaban J connectivity index is 1.82. The molecule has 3 rings (SSSR count). The van der Waals surface area contributed by atoms with Gasteiger partial charge in [0.25, 0.3) is 5.91 Å². The minimum absolute atomic E-state index is 0.189. The van der Waals surface area contributed by atoms with E-state index in [4.69, 9.17) is 13.9 Å². The molecule has 0 spiro atoms. The van der Waals surface area contributed by atoms with E-state index >= 15 is 0 Å². The largest absolute Gasteiger partial charge is 0.496 e. The van der Waals surface area contributed by atoms with Crippen LogP contribution in [0.1, 0.15) is 27.1 Å². The fraction of sp³-hybridized carbons (Fsp3) is 0.158. The maximum Gasteiger partial charge on any atom is 0.349 e. The average molecular weight is 371 g/mol. The Bertz CT molecular complexity index is 858. The molecule has 1 atom stereocenters. The molecule has 2 heterocycles. The van der Waals surface area contributed by atoms with Crippen LogP contribution in [0.2, 0.25) is 0 Å². The highest BCUT2D eigenvalue weighted by molar-refractivity contribution is 7.11. The van der Waals surface area contributed by atoms with E-state index in [1.54, 1.807) is 53.9 Å². The summed E-state index contributed by atoms with van der Waals surface area (Å²) in [5, 5.41) is 4.49. The molecule has 0 bridgehead atoms. The van der Waals surface area contributed by atoms with Crippen molar-refractivity contribution in [1.29, 1.82) is 0 Å². The van der Waals surface area contributed by atoms with Gasteiger partial charge in [-0.25, -0.2) is 4.79 Å². The van der Waals surface area contributed by atoms with Crippen molar-refractivity contribution in [2.45, 2.75) is 12.6 Å². The summed E-state index contributed by atoms with van der Waals surface area (Å²) in [4.78, 5) is 25.5. The average Bonchev–Trinajstić information content (AvgIpc) is 3.38. The molecule has 134 valence electrons. The van der Waals surface area contributed by atoms with Crippen LogP contribution in [0.15, 0.2) is 64.6 Å². The van der Waals surface area contributed by atoms with E-state index in [-0.39, 0.29) is 6.54 Å². The van der Waals surface area contributed by atoms with Gasteiger partial charge in [0, 0.05) is 5.56 Å². The number of hydrogen-bond acceptors (Lipinski definition) is 6. The van der Waals surface area contributed by atoms with Gasteiger partial charge < -0.3 is 19.2 Å². The second-order valence-electron chi connectivity index (χ2n) is 5.30. The third-order valence-corrected chi connectivity index (χ3v) is 4.47. The van der Waals surface area contributed by atoms with Crippen LogP contribution in [-0.4, -0.2) is 19.0 Å². The number of ether oxygens (including phenoxy) is 2. The van der Waals surface area contributed by atoms with Crippen LogP contribution in [0.4, 0.5) is 0 Å². The molecule has 1 N–H and O–H groups in total. The fourth-order valence-corrected chi connectivity index (χ4v) is 2.99. The summed E-state index contributed by atoms with van der Waals surface area (Å²) in [6.45, 7) is 0.189. The van der Waals surface area contributed by atoms with Gasteiger partial charge in [-0.1, -0.05) is 24.3 Å². The lowest BCUT2D eigenvalue weighted by atomic mass is 10.1. The SMILES string of the molecule is COc1ccccc1[C@H](OC(=O)c1cccs1)C(=O)NCc1ccco1. The number of thiophene rings is 1. The number of amides is 1. The third kappa shape index (κ3) is 4.12. The summed E-state index contributed by atoms with van der Waals surface area (Å²) in [6, 6.07) is 13.8. The molecule has 0 saturated carbocycles. The zero-order valence-corrected chi connectivity index (χ0v) is 14.8. The van der Waals surface area contributed by atoms with E-state index < -0.39 is 18.0 Å². The molecule has 0 radical (unpaired) electrons. The molecule has 0 unspecified atom stereocenters. The van der Waals surface area contributed by atoms with E-state index in [1.165, 1.54) is 24.7 Å². The zero-order valence-electron chi connectivity index (χ0n) is 14.0. The van der Waals surface area contributed by atoms with Crippen LogP contribution in [0, 0.1) is 0 Å². The molecule has 7 heteroatoms. The topological polar surface area (TPSA) is 77.8 Å². The number of carbonyl (C=O) groups excluding carboxylic acids is 2. The maximum absolute atomic E-state index is 12.7. The van der Waals surface area contributed by atoms with Crippen LogP contribution < -0.4 is 10.1 Å². The molecular weight excluding hydrogens is 354 g/mol. The Morgan fingerprint density at radius 2 is 2.00 bits per heavy atom. The number of hydrogen-bond donors (Lipinski definition) is 1. The maximum atomic E-state index is 12.7. The molecule has 26 heavy (non-hydrogen) atoms. The summed E-state index contributed by atoms with van der Waals surface area (Å²) < 4.78 is 16.0. The highest BCUT2D eigenvalue weighted by atomic mass is 32.1. The summed E-state index contributed by atoms with van der Waals surface area (Å²) in [7, 11) is 1.50. The van der Waals surface area contributed by atoms with Crippen molar-refractivity contribution in [3.63, 3.8) is 0 Å². The molecule has 0 aliphatic heterocycles. The van der Waals surface area contributed by atoms with Gasteiger partial charge in [0.05, 0.1) is 19.9 Å². The predicted octanol–water partition coefficient (Wildman–Crippen LogP) is 3.56. The van der Waals surface area contributed by atoms with Crippen molar-refractivity contribution in [3.05, 3.63) is 76.4 Å². The first-order chi connectivity index (χ1) is 12.7. The third-order valence-electron chi connectivity index (χ3n) is 3.62. The molecule has 1 aromatic carbocycles. The van der Waals surface area contributed by atoms with E-state index in [1.807, 2.05) is 0 Å². The van der Waals surface area contributed by atoms with E-state index in [2.05, 4.69) is 5.32 Å². The first-order valence-corrected chi connectivity index (χ1v) is 8.74. The van der Waals surface area contributed by atoms with E-state index in [9.17, 15) is 9.59 Å². The van der Waals surface area contributed by atoms with Gasteiger partial charge in [-0.15, -0.1) is 11.3 Å². The first kappa shape index (κ1) is 17.8. The summed E-state index contributed by atoms with van der Waals surface area (Å²) >= 11 is 1.25. The number of carbonyl (C=O) groups is 2. The monoisotopic (exact) mass is 371 g/mol. The van der Waals surface area contributed by atoms with Crippen molar-refractivity contribution < 1.29 is 23.5 Å². The second kappa shape index (κ2) is 8.35. The Labute approximate surface area is 154 Å². The van der Waals surface area contributed by atoms with Crippen LogP contribution in [-0.2, 0) is 16.1 Å².